The minimum atomic E-state index is -1.57. The van der Waals surface area contributed by atoms with Crippen LogP contribution in [0, 0.1) is 6.92 Å². The molecule has 1 aromatic carbocycles. The molecule has 2 rings (SSSR count). The van der Waals surface area contributed by atoms with Crippen LogP contribution in [0.1, 0.15) is 11.1 Å². The number of pyridine rings is 1. The largest absolute Gasteiger partial charge is 0.266 e. The maximum absolute atomic E-state index is 4.49. The van der Waals surface area contributed by atoms with Crippen LogP contribution >= 0.6 is 0 Å². The van der Waals surface area contributed by atoms with Crippen molar-refractivity contribution in [3.63, 3.8) is 0 Å². The van der Waals surface area contributed by atoms with Crippen molar-refractivity contribution in [1.82, 2.24) is 4.98 Å². The second-order valence-corrected chi connectivity index (χ2v) is 9.47. The molecule has 1 nitrogen and oxygen atoms in total. The van der Waals surface area contributed by atoms with Crippen LogP contribution in [0.25, 0.3) is 6.08 Å². The predicted octanol–water partition coefficient (Wildman–Crippen LogP) is 3.56. The highest BCUT2D eigenvalue weighted by atomic mass is 28.3. The van der Waals surface area contributed by atoms with Gasteiger partial charge in [-0.2, -0.15) is 0 Å². The highest BCUT2D eigenvalue weighted by molar-refractivity contribution is 6.93. The molecule has 2 aromatic rings. The van der Waals surface area contributed by atoms with E-state index in [2.05, 4.69) is 73.2 Å². The van der Waals surface area contributed by atoms with Crippen LogP contribution in [0.4, 0.5) is 0 Å². The van der Waals surface area contributed by atoms with Gasteiger partial charge in [-0.25, -0.2) is 0 Å². The lowest BCUT2D eigenvalue weighted by Gasteiger charge is -2.16. The molecular weight excluding hydrogens is 234 g/mol. The fourth-order valence-corrected chi connectivity index (χ4v) is 3.52. The minimum absolute atomic E-state index is 1.23. The van der Waals surface area contributed by atoms with Crippen LogP contribution in [0.2, 0.25) is 13.1 Å². The number of rotatable bonds is 3. The summed E-state index contributed by atoms with van der Waals surface area (Å²) in [5.74, 6) is 0. The summed E-state index contributed by atoms with van der Waals surface area (Å²) in [5.41, 5.74) is 4.91. The molecule has 0 aliphatic carbocycles. The third-order valence-corrected chi connectivity index (χ3v) is 5.71. The summed E-state index contributed by atoms with van der Waals surface area (Å²) < 4.78 is 0. The first-order chi connectivity index (χ1) is 8.58. The number of benzene rings is 1. The highest BCUT2D eigenvalue weighted by Gasteiger charge is 2.20. The molecule has 1 heterocycles. The zero-order valence-electron chi connectivity index (χ0n) is 11.2. The lowest BCUT2D eigenvalue weighted by Crippen LogP contribution is -2.41. The van der Waals surface area contributed by atoms with Crippen molar-refractivity contribution >= 4 is 19.5 Å². The molecule has 0 N–H and O–H groups in total. The van der Waals surface area contributed by atoms with E-state index in [9.17, 15) is 0 Å². The Labute approximate surface area is 110 Å². The molecular formula is C16H19NSi. The Hall–Kier alpha value is -1.67. The summed E-state index contributed by atoms with van der Waals surface area (Å²) in [4.78, 5) is 4.49. The molecule has 0 unspecified atom stereocenters. The summed E-state index contributed by atoms with van der Waals surface area (Å²) in [6, 6.07) is 14.8. The van der Waals surface area contributed by atoms with Gasteiger partial charge in [-0.15, -0.1) is 0 Å². The Morgan fingerprint density at radius 2 is 1.72 bits per heavy atom. The zero-order valence-corrected chi connectivity index (χ0v) is 12.2. The molecule has 0 saturated heterocycles. The van der Waals surface area contributed by atoms with Gasteiger partial charge in [-0.3, -0.25) is 4.98 Å². The third kappa shape index (κ3) is 3.17. The van der Waals surface area contributed by atoms with Gasteiger partial charge < -0.3 is 0 Å². The molecule has 0 radical (unpaired) electrons. The first-order valence-corrected chi connectivity index (χ1v) is 9.33. The molecule has 0 aliphatic rings. The van der Waals surface area contributed by atoms with Gasteiger partial charge in [0.1, 0.15) is 8.07 Å². The van der Waals surface area contributed by atoms with Gasteiger partial charge >= 0.3 is 0 Å². The van der Waals surface area contributed by atoms with Crippen LogP contribution < -0.4 is 5.32 Å². The molecule has 0 spiro atoms. The van der Waals surface area contributed by atoms with Gasteiger partial charge in [0.05, 0.1) is 0 Å². The predicted molar refractivity (Wildman–Crippen MR) is 81.6 cm³/mol. The average Bonchev–Trinajstić information content (AvgIpc) is 2.39. The molecule has 0 fully saturated rings. The van der Waals surface area contributed by atoms with Crippen LogP contribution in [0.3, 0.4) is 0 Å². The smallest absolute Gasteiger partial charge is 0.127 e. The average molecular weight is 253 g/mol. The zero-order chi connectivity index (χ0) is 13.0. The van der Waals surface area contributed by atoms with Crippen molar-refractivity contribution in [2.75, 3.05) is 0 Å². The molecule has 2 heteroatoms. The Morgan fingerprint density at radius 1 is 1.00 bits per heavy atom. The normalized spacial score (nSPS) is 11.9. The standard InChI is InChI=1S/C16H19NSi/c1-14-7-9-15(10-8-14)11-13-18(2,3)16-6-4-5-12-17-16/h4-13H,1-3H3/b13-11+. The SMILES string of the molecule is Cc1ccc(/C=C/[Si](C)(C)c2ccccn2)cc1. The lowest BCUT2D eigenvalue weighted by molar-refractivity contribution is 1.37. The number of hydrogen-bond acceptors (Lipinski definition) is 1. The van der Waals surface area contributed by atoms with Gasteiger partial charge in [0.2, 0.25) is 0 Å². The molecule has 92 valence electrons. The Kier molecular flexibility index (Phi) is 3.77. The van der Waals surface area contributed by atoms with E-state index < -0.39 is 8.07 Å². The van der Waals surface area contributed by atoms with Gasteiger partial charge in [0, 0.05) is 11.5 Å². The second-order valence-electron chi connectivity index (χ2n) is 5.18. The van der Waals surface area contributed by atoms with Crippen LogP contribution in [0.5, 0.6) is 0 Å². The monoisotopic (exact) mass is 253 g/mol. The summed E-state index contributed by atoms with van der Waals surface area (Å²) in [7, 11) is -1.57. The molecule has 0 saturated carbocycles. The van der Waals surface area contributed by atoms with E-state index in [1.54, 1.807) is 0 Å². The van der Waals surface area contributed by atoms with Crippen LogP contribution in [-0.2, 0) is 0 Å². The quantitative estimate of drug-likeness (QED) is 0.762. The van der Waals surface area contributed by atoms with E-state index in [-0.39, 0.29) is 0 Å². The molecule has 0 aliphatic heterocycles. The second kappa shape index (κ2) is 5.32. The van der Waals surface area contributed by atoms with Crippen LogP contribution in [-0.4, -0.2) is 13.1 Å². The first kappa shape index (κ1) is 12.8. The lowest BCUT2D eigenvalue weighted by atomic mass is 10.2. The van der Waals surface area contributed by atoms with E-state index in [0.717, 1.165) is 0 Å². The molecule has 0 atom stereocenters. The Morgan fingerprint density at radius 3 is 2.33 bits per heavy atom. The fraction of sp³-hybridized carbons (Fsp3) is 0.188. The van der Waals surface area contributed by atoms with Gasteiger partial charge in [0.25, 0.3) is 0 Å². The maximum Gasteiger partial charge on any atom is 0.127 e. The van der Waals surface area contributed by atoms with Crippen LogP contribution in [0.15, 0.2) is 54.4 Å². The summed E-state index contributed by atoms with van der Waals surface area (Å²) >= 11 is 0. The summed E-state index contributed by atoms with van der Waals surface area (Å²) in [5, 5.41) is 1.23. The van der Waals surface area contributed by atoms with Crippen molar-refractivity contribution in [2.24, 2.45) is 0 Å². The molecule has 1 aromatic heterocycles. The molecule has 0 amide bonds. The first-order valence-electron chi connectivity index (χ1n) is 6.25. The highest BCUT2D eigenvalue weighted by Crippen LogP contribution is 2.09. The fourth-order valence-electron chi connectivity index (χ4n) is 1.81. The molecule has 0 bridgehead atoms. The van der Waals surface area contributed by atoms with Gasteiger partial charge in [-0.05, 0) is 24.6 Å². The number of aromatic nitrogens is 1. The van der Waals surface area contributed by atoms with Crippen molar-refractivity contribution < 1.29 is 0 Å². The van der Waals surface area contributed by atoms with Crippen molar-refractivity contribution in [3.8, 4) is 0 Å². The maximum atomic E-state index is 4.49. The topological polar surface area (TPSA) is 12.9 Å². The number of aryl methyl sites for hydroxylation is 1. The van der Waals surface area contributed by atoms with Gasteiger partial charge in [0.15, 0.2) is 0 Å². The minimum Gasteiger partial charge on any atom is -0.266 e. The van der Waals surface area contributed by atoms with E-state index >= 15 is 0 Å². The summed E-state index contributed by atoms with van der Waals surface area (Å²) in [6.07, 6.45) is 4.10. The van der Waals surface area contributed by atoms with Crippen molar-refractivity contribution in [1.29, 1.82) is 0 Å². The Balaban J connectivity index is 2.20. The third-order valence-electron chi connectivity index (χ3n) is 3.09. The van der Waals surface area contributed by atoms with E-state index in [4.69, 9.17) is 0 Å². The summed E-state index contributed by atoms with van der Waals surface area (Å²) in [6.45, 7) is 6.75. The van der Waals surface area contributed by atoms with Gasteiger partial charge in [-0.1, -0.05) is 60.8 Å². The van der Waals surface area contributed by atoms with E-state index in [1.165, 1.54) is 16.4 Å². The van der Waals surface area contributed by atoms with Crippen molar-refractivity contribution in [2.45, 2.75) is 20.0 Å². The van der Waals surface area contributed by atoms with Crippen molar-refractivity contribution in [3.05, 3.63) is 65.5 Å². The number of nitrogens with zero attached hydrogens (tertiary/aromatic N) is 1. The van der Waals surface area contributed by atoms with E-state index in [0.29, 0.717) is 0 Å². The molecule has 18 heavy (non-hydrogen) atoms. The number of hydrogen-bond donors (Lipinski definition) is 0. The van der Waals surface area contributed by atoms with E-state index in [1.807, 2.05) is 12.3 Å². The Bertz CT molecular complexity index is 527.